The molecule has 0 unspecified atom stereocenters. The van der Waals surface area contributed by atoms with Crippen LogP contribution in [0.25, 0.3) is 0 Å². The van der Waals surface area contributed by atoms with E-state index in [0.717, 1.165) is 0 Å². The summed E-state index contributed by atoms with van der Waals surface area (Å²) in [5, 5.41) is 47.6. The first kappa shape index (κ1) is 19.4. The quantitative estimate of drug-likeness (QED) is 0.357. The average Bonchev–Trinajstić information content (AvgIpc) is 2.54. The lowest BCUT2D eigenvalue weighted by Crippen LogP contribution is -2.59. The Kier molecular flexibility index (Phi) is 8.65. The van der Waals surface area contributed by atoms with Gasteiger partial charge >= 0.3 is 0 Å². The van der Waals surface area contributed by atoms with Crippen LogP contribution >= 0.6 is 0 Å². The molecule has 0 radical (unpaired) electrons. The van der Waals surface area contributed by atoms with Crippen LogP contribution in [-0.2, 0) is 9.47 Å². The van der Waals surface area contributed by atoms with Crippen molar-refractivity contribution in [1.82, 2.24) is 0 Å². The van der Waals surface area contributed by atoms with Crippen LogP contribution in [0.5, 0.6) is 0 Å². The third-order valence-electron chi connectivity index (χ3n) is 3.07. The summed E-state index contributed by atoms with van der Waals surface area (Å²) in [5.74, 6) is 14.9. The first-order valence-corrected chi connectivity index (χ1v) is 7.03. The predicted molar refractivity (Wildman–Crippen MR) is 79.3 cm³/mol. The molecule has 0 aromatic carbocycles. The van der Waals surface area contributed by atoms with E-state index >= 15 is 0 Å². The summed E-state index contributed by atoms with van der Waals surface area (Å²) in [6, 6.07) is 0. The molecule has 1 heterocycles. The highest BCUT2D eigenvalue weighted by Crippen LogP contribution is 2.22. The van der Waals surface area contributed by atoms with Gasteiger partial charge in [-0.3, -0.25) is 0 Å². The molecule has 1 aliphatic rings. The van der Waals surface area contributed by atoms with Crippen LogP contribution in [-0.4, -0.2) is 75.6 Å². The Hall–Kier alpha value is -1.60. The Bertz CT molecular complexity index is 540. The summed E-state index contributed by atoms with van der Waals surface area (Å²) in [4.78, 5) is 0. The minimum absolute atomic E-state index is 0.0132. The number of hydrogen-bond donors (Lipinski definition) is 5. The average molecular weight is 324 g/mol. The van der Waals surface area contributed by atoms with E-state index in [0.29, 0.717) is 0 Å². The summed E-state index contributed by atoms with van der Waals surface area (Å²) in [6.45, 7) is 1.10. The van der Waals surface area contributed by atoms with Gasteiger partial charge in [-0.15, -0.1) is 0 Å². The fourth-order valence-electron chi connectivity index (χ4n) is 1.82. The molecule has 0 aliphatic carbocycles. The highest BCUT2D eigenvalue weighted by molar-refractivity contribution is 5.35. The van der Waals surface area contributed by atoms with E-state index in [4.69, 9.17) is 14.6 Å². The predicted octanol–water partition coefficient (Wildman–Crippen LogP) is -2.42. The third-order valence-corrected chi connectivity index (χ3v) is 3.07. The standard InChI is InChI=1S/C16H20O7/c1-2-3-4-5-6-7-11(18)8-9-22-16-15(21)14(20)13(19)12(10-17)23-16/h11-21H,8-10H2,1H3/t11-,12-,13-,14+,15-,16-/m0/s1. The number of ether oxygens (including phenoxy) is 2. The number of aliphatic hydroxyl groups is 5. The second kappa shape index (κ2) is 10.2. The molecule has 23 heavy (non-hydrogen) atoms. The van der Waals surface area contributed by atoms with Crippen molar-refractivity contribution in [3.05, 3.63) is 0 Å². The number of rotatable bonds is 5. The third kappa shape index (κ3) is 6.19. The molecule has 1 rings (SSSR count). The Labute approximate surface area is 134 Å². The van der Waals surface area contributed by atoms with Gasteiger partial charge in [-0.1, -0.05) is 11.8 Å². The molecule has 126 valence electrons. The van der Waals surface area contributed by atoms with E-state index < -0.39 is 43.4 Å². The lowest BCUT2D eigenvalue weighted by molar-refractivity contribution is -0.301. The molecule has 0 amide bonds. The molecule has 0 aromatic rings. The minimum atomic E-state index is -1.49. The van der Waals surface area contributed by atoms with Gasteiger partial charge in [-0.25, -0.2) is 0 Å². The van der Waals surface area contributed by atoms with E-state index in [1.165, 1.54) is 0 Å². The first-order chi connectivity index (χ1) is 11.0. The van der Waals surface area contributed by atoms with Crippen molar-refractivity contribution in [3.63, 3.8) is 0 Å². The van der Waals surface area contributed by atoms with E-state index in [9.17, 15) is 20.4 Å². The van der Waals surface area contributed by atoms with E-state index in [1.54, 1.807) is 6.92 Å². The number of aliphatic hydroxyl groups excluding tert-OH is 5. The van der Waals surface area contributed by atoms with Gasteiger partial charge in [-0.2, -0.15) is 0 Å². The van der Waals surface area contributed by atoms with Crippen molar-refractivity contribution < 1.29 is 35.0 Å². The van der Waals surface area contributed by atoms with Crippen LogP contribution in [0.15, 0.2) is 0 Å². The molecular weight excluding hydrogens is 304 g/mol. The first-order valence-electron chi connectivity index (χ1n) is 7.03. The van der Waals surface area contributed by atoms with Crippen LogP contribution in [0.3, 0.4) is 0 Å². The molecule has 6 atom stereocenters. The molecule has 0 saturated carbocycles. The highest BCUT2D eigenvalue weighted by Gasteiger charge is 2.43. The van der Waals surface area contributed by atoms with Crippen LogP contribution in [0, 0.1) is 35.5 Å². The van der Waals surface area contributed by atoms with Crippen molar-refractivity contribution in [3.8, 4) is 35.5 Å². The van der Waals surface area contributed by atoms with Gasteiger partial charge in [0.05, 0.1) is 13.2 Å². The molecule has 1 aliphatic heterocycles. The van der Waals surface area contributed by atoms with Crippen molar-refractivity contribution in [2.24, 2.45) is 0 Å². The fourth-order valence-corrected chi connectivity index (χ4v) is 1.82. The molecule has 1 fully saturated rings. The lowest BCUT2D eigenvalue weighted by atomic mass is 9.99. The molecular formula is C16H20O7. The van der Waals surface area contributed by atoms with E-state index in [-0.39, 0.29) is 13.0 Å². The van der Waals surface area contributed by atoms with Gasteiger partial charge in [0.1, 0.15) is 30.5 Å². The van der Waals surface area contributed by atoms with Crippen molar-refractivity contribution in [1.29, 1.82) is 0 Å². The molecule has 7 heteroatoms. The fraction of sp³-hybridized carbons (Fsp3) is 0.625. The van der Waals surface area contributed by atoms with Crippen LogP contribution in [0.1, 0.15) is 13.3 Å². The zero-order valence-corrected chi connectivity index (χ0v) is 12.6. The summed E-state index contributed by atoms with van der Waals surface area (Å²) >= 11 is 0. The van der Waals surface area contributed by atoms with Crippen LogP contribution in [0.4, 0.5) is 0 Å². The normalized spacial score (nSPS) is 30.8. The van der Waals surface area contributed by atoms with Gasteiger partial charge in [-0.05, 0) is 30.6 Å². The van der Waals surface area contributed by atoms with Gasteiger partial charge in [0.2, 0.25) is 0 Å². The maximum atomic E-state index is 9.75. The molecule has 5 N–H and O–H groups in total. The monoisotopic (exact) mass is 324 g/mol. The van der Waals surface area contributed by atoms with E-state index in [2.05, 4.69) is 35.5 Å². The number of hydrogen-bond acceptors (Lipinski definition) is 7. The van der Waals surface area contributed by atoms with Gasteiger partial charge in [0.15, 0.2) is 6.29 Å². The maximum absolute atomic E-state index is 9.75. The van der Waals surface area contributed by atoms with Crippen molar-refractivity contribution in [2.45, 2.75) is 50.2 Å². The smallest absolute Gasteiger partial charge is 0.186 e. The molecule has 7 nitrogen and oxygen atoms in total. The lowest BCUT2D eigenvalue weighted by Gasteiger charge is -2.39. The zero-order valence-electron chi connectivity index (χ0n) is 12.6. The van der Waals surface area contributed by atoms with Gasteiger partial charge < -0.3 is 35.0 Å². The van der Waals surface area contributed by atoms with Gasteiger partial charge in [0, 0.05) is 6.42 Å². The van der Waals surface area contributed by atoms with Crippen molar-refractivity contribution >= 4 is 0 Å². The summed E-state index contributed by atoms with van der Waals surface area (Å²) in [5.41, 5.74) is 0. The van der Waals surface area contributed by atoms with Crippen molar-refractivity contribution in [2.75, 3.05) is 13.2 Å². The summed E-state index contributed by atoms with van der Waals surface area (Å²) in [6.07, 6.45) is -7.49. The Balaban J connectivity index is 2.42. The Morgan fingerprint density at radius 2 is 1.74 bits per heavy atom. The summed E-state index contributed by atoms with van der Waals surface area (Å²) in [7, 11) is 0. The zero-order chi connectivity index (χ0) is 17.2. The SMILES string of the molecule is CC#CC#CC#C[C@H](O)CCO[C@H]1O[C@@H](CO)[C@H](O)[C@@H](O)[C@@H]1O. The molecule has 0 spiro atoms. The molecule has 1 saturated heterocycles. The molecule has 0 bridgehead atoms. The topological polar surface area (TPSA) is 120 Å². The second-order valence-electron chi connectivity index (χ2n) is 4.77. The Morgan fingerprint density at radius 3 is 2.39 bits per heavy atom. The van der Waals surface area contributed by atoms with Crippen LogP contribution in [0.2, 0.25) is 0 Å². The van der Waals surface area contributed by atoms with Crippen LogP contribution < -0.4 is 0 Å². The van der Waals surface area contributed by atoms with Gasteiger partial charge in [0.25, 0.3) is 0 Å². The largest absolute Gasteiger partial charge is 0.394 e. The minimum Gasteiger partial charge on any atom is -0.394 e. The maximum Gasteiger partial charge on any atom is 0.186 e. The van der Waals surface area contributed by atoms with E-state index in [1.807, 2.05) is 0 Å². The highest BCUT2D eigenvalue weighted by atomic mass is 16.7. The molecule has 0 aromatic heterocycles. The summed E-state index contributed by atoms with van der Waals surface area (Å²) < 4.78 is 10.4. The Morgan fingerprint density at radius 1 is 1.04 bits per heavy atom. The second-order valence-corrected chi connectivity index (χ2v) is 4.77.